The highest BCUT2D eigenvalue weighted by Crippen LogP contribution is 2.28. The number of non-ortho nitro benzene ring substituents is 1. The highest BCUT2D eigenvalue weighted by Gasteiger charge is 2.13. The van der Waals surface area contributed by atoms with Crippen LogP contribution in [-0.4, -0.2) is 30.2 Å². The lowest BCUT2D eigenvalue weighted by Crippen LogP contribution is -2.32. The van der Waals surface area contributed by atoms with Gasteiger partial charge in [-0.05, 0) is 30.4 Å². The molecule has 2 rings (SSSR count). The molecule has 27 heavy (non-hydrogen) atoms. The predicted molar refractivity (Wildman–Crippen MR) is 106 cm³/mol. The molecule has 0 spiro atoms. The van der Waals surface area contributed by atoms with E-state index >= 15 is 0 Å². The van der Waals surface area contributed by atoms with Crippen molar-refractivity contribution in [3.63, 3.8) is 0 Å². The van der Waals surface area contributed by atoms with E-state index in [0.717, 1.165) is 5.56 Å². The van der Waals surface area contributed by atoms with Gasteiger partial charge < -0.3 is 14.8 Å². The molecule has 8 nitrogen and oxygen atoms in total. The Morgan fingerprint density at radius 1 is 1.15 bits per heavy atom. The molecule has 2 aromatic carbocycles. The molecule has 0 atom stereocenters. The van der Waals surface area contributed by atoms with Gasteiger partial charge in [0.25, 0.3) is 5.69 Å². The summed E-state index contributed by atoms with van der Waals surface area (Å²) >= 11 is 5.08. The third kappa shape index (κ3) is 5.51. The summed E-state index contributed by atoms with van der Waals surface area (Å²) in [6.45, 7) is 0. The molecule has 0 fully saturated rings. The molecule has 140 valence electrons. The van der Waals surface area contributed by atoms with Crippen LogP contribution in [0.5, 0.6) is 11.5 Å². The number of amides is 1. The van der Waals surface area contributed by atoms with E-state index in [-0.39, 0.29) is 16.5 Å². The molecular weight excluding hydrogens is 370 g/mol. The minimum Gasteiger partial charge on any atom is -0.496 e. The molecule has 2 N–H and O–H groups in total. The van der Waals surface area contributed by atoms with Crippen molar-refractivity contribution in [1.82, 2.24) is 5.32 Å². The number of anilines is 1. The molecular formula is C18H17N3O5S. The number of thiocarbonyl (C=S) groups is 1. The minimum atomic E-state index is -0.539. The van der Waals surface area contributed by atoms with Crippen molar-refractivity contribution in [2.24, 2.45) is 0 Å². The van der Waals surface area contributed by atoms with E-state index < -0.39 is 10.8 Å². The van der Waals surface area contributed by atoms with Gasteiger partial charge in [0, 0.05) is 23.8 Å². The number of carbonyl (C=O) groups is 1. The second kappa shape index (κ2) is 9.30. The Morgan fingerprint density at radius 3 is 2.52 bits per heavy atom. The van der Waals surface area contributed by atoms with E-state index in [9.17, 15) is 14.9 Å². The van der Waals surface area contributed by atoms with Crippen molar-refractivity contribution in [3.05, 3.63) is 64.2 Å². The third-order valence-corrected chi connectivity index (χ3v) is 3.64. The van der Waals surface area contributed by atoms with Crippen molar-refractivity contribution in [2.45, 2.75) is 0 Å². The molecule has 0 bridgehead atoms. The molecule has 0 radical (unpaired) electrons. The molecule has 9 heteroatoms. The van der Waals surface area contributed by atoms with E-state index in [1.54, 1.807) is 18.2 Å². The fourth-order valence-corrected chi connectivity index (χ4v) is 2.39. The van der Waals surface area contributed by atoms with Crippen LogP contribution in [-0.2, 0) is 4.79 Å². The van der Waals surface area contributed by atoms with Gasteiger partial charge in [0.2, 0.25) is 5.91 Å². The Labute approximate surface area is 160 Å². The van der Waals surface area contributed by atoms with Gasteiger partial charge in [-0.3, -0.25) is 20.2 Å². The lowest BCUT2D eigenvalue weighted by Gasteiger charge is -2.11. The number of hydrogen-bond acceptors (Lipinski definition) is 6. The highest BCUT2D eigenvalue weighted by atomic mass is 32.1. The molecule has 0 saturated carbocycles. The van der Waals surface area contributed by atoms with Crippen molar-refractivity contribution >= 4 is 40.7 Å². The first kappa shape index (κ1) is 19.9. The molecule has 0 aliphatic heterocycles. The number of rotatable bonds is 6. The van der Waals surface area contributed by atoms with Crippen LogP contribution >= 0.6 is 12.2 Å². The van der Waals surface area contributed by atoms with Gasteiger partial charge in [-0.15, -0.1) is 0 Å². The summed E-state index contributed by atoms with van der Waals surface area (Å²) in [6, 6.07) is 11.2. The number of nitrogens with one attached hydrogen (secondary N) is 2. The average molecular weight is 387 g/mol. The number of methoxy groups -OCH3 is 2. The van der Waals surface area contributed by atoms with Crippen molar-refractivity contribution in [2.75, 3.05) is 19.5 Å². The second-order valence-corrected chi connectivity index (χ2v) is 5.57. The molecule has 0 aliphatic carbocycles. The maximum absolute atomic E-state index is 12.0. The zero-order valence-corrected chi connectivity index (χ0v) is 15.4. The fraction of sp³-hybridized carbons (Fsp3) is 0.111. The van der Waals surface area contributed by atoms with Crippen LogP contribution in [0.1, 0.15) is 5.56 Å². The molecule has 1 amide bonds. The zero-order chi connectivity index (χ0) is 19.8. The summed E-state index contributed by atoms with van der Waals surface area (Å²) in [7, 11) is 2.96. The number of para-hydroxylation sites is 1. The fourth-order valence-electron chi connectivity index (χ4n) is 2.18. The SMILES string of the molecule is COc1ccccc1/C=C/C(=O)NC(=S)Nc1cc([N+](=O)[O-])ccc1OC. The third-order valence-electron chi connectivity index (χ3n) is 3.43. The monoisotopic (exact) mass is 387 g/mol. The maximum atomic E-state index is 12.0. The van der Waals surface area contributed by atoms with Crippen LogP contribution in [0, 0.1) is 10.1 Å². The first-order chi connectivity index (χ1) is 12.9. The summed E-state index contributed by atoms with van der Waals surface area (Å²) in [6.07, 6.45) is 2.89. The van der Waals surface area contributed by atoms with Crippen molar-refractivity contribution in [1.29, 1.82) is 0 Å². The first-order valence-electron chi connectivity index (χ1n) is 7.70. The summed E-state index contributed by atoms with van der Waals surface area (Å²) in [5.41, 5.74) is 0.864. The Hall–Kier alpha value is -3.46. The van der Waals surface area contributed by atoms with Crippen LogP contribution in [0.2, 0.25) is 0 Å². The van der Waals surface area contributed by atoms with Crippen LogP contribution in [0.3, 0.4) is 0 Å². The molecule has 2 aromatic rings. The van der Waals surface area contributed by atoms with Gasteiger partial charge in [-0.25, -0.2) is 0 Å². The molecule has 0 heterocycles. The van der Waals surface area contributed by atoms with Gasteiger partial charge in [0.05, 0.1) is 24.8 Å². The predicted octanol–water partition coefficient (Wildman–Crippen LogP) is 3.14. The van der Waals surface area contributed by atoms with Crippen molar-refractivity contribution < 1.29 is 19.2 Å². The number of hydrogen-bond donors (Lipinski definition) is 2. The number of nitro benzene ring substituents is 1. The molecule has 0 aliphatic rings. The van der Waals surface area contributed by atoms with Gasteiger partial charge >= 0.3 is 0 Å². The van der Waals surface area contributed by atoms with E-state index in [0.29, 0.717) is 11.5 Å². The van der Waals surface area contributed by atoms with Crippen LogP contribution in [0.4, 0.5) is 11.4 Å². The Kier molecular flexibility index (Phi) is 6.84. The second-order valence-electron chi connectivity index (χ2n) is 5.16. The Bertz CT molecular complexity index is 898. The van der Waals surface area contributed by atoms with Crippen LogP contribution in [0.25, 0.3) is 6.08 Å². The summed E-state index contributed by atoms with van der Waals surface area (Å²) in [5, 5.41) is 16.1. The summed E-state index contributed by atoms with van der Waals surface area (Å²) < 4.78 is 10.3. The smallest absolute Gasteiger partial charge is 0.271 e. The Morgan fingerprint density at radius 2 is 1.85 bits per heavy atom. The summed E-state index contributed by atoms with van der Waals surface area (Å²) in [5.74, 6) is 0.508. The molecule has 0 saturated heterocycles. The van der Waals surface area contributed by atoms with Crippen molar-refractivity contribution in [3.8, 4) is 11.5 Å². The lowest BCUT2D eigenvalue weighted by molar-refractivity contribution is -0.384. The standard InChI is InChI=1S/C18H17N3O5S/c1-25-15-6-4-3-5-12(15)7-10-17(22)20-18(27)19-14-11-13(21(23)24)8-9-16(14)26-2/h3-11H,1-2H3,(H2,19,20,22,27)/b10-7+. The lowest BCUT2D eigenvalue weighted by atomic mass is 10.2. The minimum absolute atomic E-state index is 0.0246. The van der Waals surface area contributed by atoms with E-state index in [4.69, 9.17) is 21.7 Å². The number of benzene rings is 2. The highest BCUT2D eigenvalue weighted by molar-refractivity contribution is 7.80. The molecule has 0 aromatic heterocycles. The van der Waals surface area contributed by atoms with Crippen LogP contribution < -0.4 is 20.1 Å². The largest absolute Gasteiger partial charge is 0.496 e. The van der Waals surface area contributed by atoms with Crippen LogP contribution in [0.15, 0.2) is 48.5 Å². The van der Waals surface area contributed by atoms with E-state index in [2.05, 4.69) is 10.6 Å². The quantitative estimate of drug-likeness (QED) is 0.340. The zero-order valence-electron chi connectivity index (χ0n) is 14.6. The topological polar surface area (TPSA) is 103 Å². The van der Waals surface area contributed by atoms with Gasteiger partial charge in [-0.1, -0.05) is 18.2 Å². The van der Waals surface area contributed by atoms with Gasteiger partial charge in [-0.2, -0.15) is 0 Å². The normalized spacial score (nSPS) is 10.3. The molecule has 0 unspecified atom stereocenters. The number of nitrogens with zero attached hydrogens (tertiary/aromatic N) is 1. The average Bonchev–Trinajstić information content (AvgIpc) is 2.66. The maximum Gasteiger partial charge on any atom is 0.271 e. The summed E-state index contributed by atoms with van der Waals surface area (Å²) in [4.78, 5) is 22.4. The number of carbonyl (C=O) groups excluding carboxylic acids is 1. The first-order valence-corrected chi connectivity index (χ1v) is 8.11. The van der Waals surface area contributed by atoms with Gasteiger partial charge in [0.15, 0.2) is 5.11 Å². The van der Waals surface area contributed by atoms with E-state index in [1.807, 2.05) is 12.1 Å². The van der Waals surface area contributed by atoms with E-state index in [1.165, 1.54) is 38.5 Å². The Balaban J connectivity index is 2.05. The van der Waals surface area contributed by atoms with Gasteiger partial charge in [0.1, 0.15) is 11.5 Å². The number of ether oxygens (including phenoxy) is 2. The number of nitro groups is 1.